The van der Waals surface area contributed by atoms with Gasteiger partial charge >= 0.3 is 0 Å². The number of amides is 1. The third-order valence-corrected chi connectivity index (χ3v) is 7.31. The highest BCUT2D eigenvalue weighted by molar-refractivity contribution is 7.89. The van der Waals surface area contributed by atoms with Crippen LogP contribution < -0.4 is 10.4 Å². The van der Waals surface area contributed by atoms with Gasteiger partial charge in [0.2, 0.25) is 16.0 Å². The van der Waals surface area contributed by atoms with Gasteiger partial charge in [0.1, 0.15) is 0 Å². The van der Waals surface area contributed by atoms with Gasteiger partial charge in [-0.25, -0.2) is 23.9 Å². The number of aromatic nitrogens is 2. The van der Waals surface area contributed by atoms with Crippen LogP contribution in [0.15, 0.2) is 65.8 Å². The molecule has 10 heteroatoms. The predicted molar refractivity (Wildman–Crippen MR) is 119 cm³/mol. The van der Waals surface area contributed by atoms with E-state index in [1.807, 2.05) is 48.2 Å². The molecule has 0 spiro atoms. The first-order valence-corrected chi connectivity index (χ1v) is 11.5. The Kier molecular flexibility index (Phi) is 6.17. The van der Waals surface area contributed by atoms with E-state index in [0.717, 1.165) is 11.1 Å². The Morgan fingerprint density at radius 2 is 1.44 bits per heavy atom. The third kappa shape index (κ3) is 4.47. The van der Waals surface area contributed by atoms with Crippen molar-refractivity contribution in [2.45, 2.75) is 11.8 Å². The Morgan fingerprint density at radius 3 is 1.97 bits per heavy atom. The van der Waals surface area contributed by atoms with Gasteiger partial charge in [-0.3, -0.25) is 10.0 Å². The lowest BCUT2D eigenvalue weighted by Gasteiger charge is -2.34. The van der Waals surface area contributed by atoms with Crippen LogP contribution >= 0.6 is 0 Å². The van der Waals surface area contributed by atoms with E-state index in [9.17, 15) is 13.2 Å². The fourth-order valence-electron chi connectivity index (χ4n) is 3.51. The number of hydrogen-bond donors (Lipinski definition) is 2. The molecule has 1 aliphatic heterocycles. The van der Waals surface area contributed by atoms with E-state index in [0.29, 0.717) is 32.1 Å². The molecule has 1 aromatic heterocycles. The van der Waals surface area contributed by atoms with Crippen molar-refractivity contribution in [2.75, 3.05) is 31.1 Å². The molecular weight excluding hydrogens is 430 g/mol. The van der Waals surface area contributed by atoms with Gasteiger partial charge in [-0.15, -0.1) is 0 Å². The van der Waals surface area contributed by atoms with Crippen molar-refractivity contribution >= 4 is 21.9 Å². The second-order valence-electron chi connectivity index (χ2n) is 7.49. The quantitative estimate of drug-likeness (QED) is 0.449. The summed E-state index contributed by atoms with van der Waals surface area (Å²) in [6, 6.07) is 15.0. The number of anilines is 1. The second-order valence-corrected chi connectivity index (χ2v) is 9.43. The van der Waals surface area contributed by atoms with Gasteiger partial charge in [0.15, 0.2) is 0 Å². The van der Waals surface area contributed by atoms with Crippen LogP contribution in [0, 0.1) is 6.92 Å². The zero-order chi connectivity index (χ0) is 22.7. The van der Waals surface area contributed by atoms with Gasteiger partial charge < -0.3 is 4.90 Å². The lowest BCUT2D eigenvalue weighted by atomic mass is 10.0. The Labute approximate surface area is 186 Å². The van der Waals surface area contributed by atoms with Crippen molar-refractivity contribution in [1.29, 1.82) is 0 Å². The average molecular weight is 454 g/mol. The van der Waals surface area contributed by atoms with E-state index in [4.69, 9.17) is 5.21 Å². The topological polar surface area (TPSA) is 116 Å². The Balaban J connectivity index is 1.42. The normalized spacial score (nSPS) is 14.9. The summed E-state index contributed by atoms with van der Waals surface area (Å²) >= 11 is 0. The highest BCUT2D eigenvalue weighted by atomic mass is 32.2. The van der Waals surface area contributed by atoms with Gasteiger partial charge in [-0.05, 0) is 30.2 Å². The number of carbonyl (C=O) groups excluding carboxylic acids is 1. The number of benzene rings is 2. The highest BCUT2D eigenvalue weighted by Crippen LogP contribution is 2.24. The number of piperazine rings is 1. The van der Waals surface area contributed by atoms with Crippen LogP contribution in [-0.4, -0.2) is 60.0 Å². The molecule has 166 valence electrons. The molecule has 4 rings (SSSR count). The number of nitrogens with one attached hydrogen (secondary N) is 1. The number of hydrogen-bond acceptors (Lipinski definition) is 7. The number of nitrogens with zero attached hydrogens (tertiary/aromatic N) is 4. The first kappa shape index (κ1) is 21.9. The maximum atomic E-state index is 13.1. The lowest BCUT2D eigenvalue weighted by Crippen LogP contribution is -2.49. The van der Waals surface area contributed by atoms with Crippen molar-refractivity contribution in [3.8, 4) is 11.1 Å². The van der Waals surface area contributed by atoms with Crippen LogP contribution in [0.3, 0.4) is 0 Å². The first-order chi connectivity index (χ1) is 15.4. The second kappa shape index (κ2) is 9.03. The molecule has 9 nitrogen and oxygen atoms in total. The summed E-state index contributed by atoms with van der Waals surface area (Å²) in [7, 11) is -3.61. The fourth-order valence-corrected chi connectivity index (χ4v) is 4.93. The van der Waals surface area contributed by atoms with Crippen molar-refractivity contribution in [3.05, 3.63) is 72.1 Å². The summed E-state index contributed by atoms with van der Waals surface area (Å²) in [5.74, 6) is -0.292. The molecule has 1 aliphatic rings. The van der Waals surface area contributed by atoms with Crippen LogP contribution in [-0.2, 0) is 10.0 Å². The van der Waals surface area contributed by atoms with Gasteiger partial charge in [0.25, 0.3) is 5.91 Å². The van der Waals surface area contributed by atoms with Crippen molar-refractivity contribution in [3.63, 3.8) is 0 Å². The lowest BCUT2D eigenvalue weighted by molar-refractivity contribution is 0.0705. The van der Waals surface area contributed by atoms with Crippen LogP contribution in [0.4, 0.5) is 5.95 Å². The molecule has 0 aliphatic carbocycles. The van der Waals surface area contributed by atoms with Crippen molar-refractivity contribution < 1.29 is 18.4 Å². The smallest absolute Gasteiger partial charge is 0.277 e. The van der Waals surface area contributed by atoms with Gasteiger partial charge in [-0.1, -0.05) is 42.0 Å². The number of rotatable bonds is 5. The standard InChI is InChI=1S/C22H23N5O4S/c1-16-2-4-17(5-3-16)18-6-8-20(9-7-18)32(30,31)27-12-10-26(11-13-27)22-23-14-19(15-24-22)21(28)25-29/h2-9,14-15,29H,10-13H2,1H3,(H,25,28). The van der Waals surface area contributed by atoms with Gasteiger partial charge in [-0.2, -0.15) is 4.31 Å². The molecule has 2 N–H and O–H groups in total. The summed E-state index contributed by atoms with van der Waals surface area (Å²) in [5, 5.41) is 8.66. The van der Waals surface area contributed by atoms with E-state index >= 15 is 0 Å². The molecule has 0 saturated carbocycles. The SMILES string of the molecule is Cc1ccc(-c2ccc(S(=O)(=O)N3CCN(c4ncc(C(=O)NO)cn4)CC3)cc2)cc1. The third-order valence-electron chi connectivity index (χ3n) is 5.40. The minimum absolute atomic E-state index is 0.131. The van der Waals surface area contributed by atoms with Crippen molar-refractivity contribution in [2.24, 2.45) is 0 Å². The molecule has 0 radical (unpaired) electrons. The fraction of sp³-hybridized carbons (Fsp3) is 0.227. The molecular formula is C22H23N5O4S. The monoisotopic (exact) mass is 453 g/mol. The maximum absolute atomic E-state index is 13.1. The number of carbonyl (C=O) groups is 1. The van der Waals surface area contributed by atoms with E-state index in [1.165, 1.54) is 27.7 Å². The Bertz CT molecular complexity index is 1190. The molecule has 1 fully saturated rings. The van der Waals surface area contributed by atoms with E-state index in [2.05, 4.69) is 9.97 Å². The molecule has 0 unspecified atom stereocenters. The van der Waals surface area contributed by atoms with E-state index in [-0.39, 0.29) is 10.5 Å². The van der Waals surface area contributed by atoms with Gasteiger partial charge in [0, 0.05) is 38.6 Å². The van der Waals surface area contributed by atoms with Crippen LogP contribution in [0.5, 0.6) is 0 Å². The molecule has 0 atom stereocenters. The summed E-state index contributed by atoms with van der Waals surface area (Å²) in [6.07, 6.45) is 2.62. The number of hydroxylamine groups is 1. The zero-order valence-electron chi connectivity index (χ0n) is 17.5. The van der Waals surface area contributed by atoms with Crippen LogP contribution in [0.25, 0.3) is 11.1 Å². The summed E-state index contributed by atoms with van der Waals surface area (Å²) < 4.78 is 27.6. The van der Waals surface area contributed by atoms with Crippen molar-refractivity contribution in [1.82, 2.24) is 19.8 Å². The number of sulfonamides is 1. The predicted octanol–water partition coefficient (Wildman–Crippen LogP) is 2.08. The first-order valence-electron chi connectivity index (χ1n) is 10.1. The Morgan fingerprint density at radius 1 is 0.906 bits per heavy atom. The minimum atomic E-state index is -3.61. The summed E-state index contributed by atoms with van der Waals surface area (Å²) in [4.78, 5) is 21.8. The zero-order valence-corrected chi connectivity index (χ0v) is 18.3. The highest BCUT2D eigenvalue weighted by Gasteiger charge is 2.29. The molecule has 2 aromatic carbocycles. The summed E-state index contributed by atoms with van der Waals surface area (Å²) in [6.45, 7) is 3.46. The molecule has 1 amide bonds. The maximum Gasteiger partial charge on any atom is 0.277 e. The van der Waals surface area contributed by atoms with E-state index < -0.39 is 15.9 Å². The average Bonchev–Trinajstić information content (AvgIpc) is 2.84. The Hall–Kier alpha value is -3.34. The van der Waals surface area contributed by atoms with Gasteiger partial charge in [0.05, 0.1) is 10.5 Å². The molecule has 3 aromatic rings. The molecule has 2 heterocycles. The van der Waals surface area contributed by atoms with E-state index in [1.54, 1.807) is 12.1 Å². The number of aryl methyl sites for hydroxylation is 1. The molecule has 32 heavy (non-hydrogen) atoms. The largest absolute Gasteiger partial charge is 0.338 e. The molecule has 0 bridgehead atoms. The molecule has 1 saturated heterocycles. The minimum Gasteiger partial charge on any atom is -0.338 e. The van der Waals surface area contributed by atoms with Crippen LogP contribution in [0.2, 0.25) is 0 Å². The summed E-state index contributed by atoms with van der Waals surface area (Å²) in [5.41, 5.74) is 4.83. The van der Waals surface area contributed by atoms with Crippen LogP contribution in [0.1, 0.15) is 15.9 Å².